The number of carbonyl (C=O) groups is 2. The van der Waals surface area contributed by atoms with Crippen molar-refractivity contribution >= 4 is 23.3 Å². The number of benzene rings is 1. The van der Waals surface area contributed by atoms with Crippen LogP contribution >= 0.6 is 11.3 Å². The van der Waals surface area contributed by atoms with Crippen LogP contribution in [0.15, 0.2) is 36.4 Å². The summed E-state index contributed by atoms with van der Waals surface area (Å²) in [5.41, 5.74) is 2.46. The van der Waals surface area contributed by atoms with E-state index in [1.54, 1.807) is 0 Å². The number of carbonyl (C=O) groups excluding carboxylic acids is 2. The minimum absolute atomic E-state index is 0.0390. The molecule has 0 unspecified atom stereocenters. The second-order valence-corrected chi connectivity index (χ2v) is 9.61. The van der Waals surface area contributed by atoms with Gasteiger partial charge in [-0.15, -0.1) is 11.3 Å². The van der Waals surface area contributed by atoms with Gasteiger partial charge in [0.1, 0.15) is 0 Å². The van der Waals surface area contributed by atoms with Gasteiger partial charge in [-0.25, -0.2) is 4.79 Å². The van der Waals surface area contributed by atoms with Gasteiger partial charge in [0.25, 0.3) is 5.91 Å². The Morgan fingerprint density at radius 2 is 1.77 bits per heavy atom. The zero-order valence-corrected chi connectivity index (χ0v) is 19.5. The molecule has 0 aliphatic carbocycles. The highest BCUT2D eigenvalue weighted by Crippen LogP contribution is 2.30. The Labute approximate surface area is 188 Å². The second kappa shape index (κ2) is 9.40. The fourth-order valence-corrected chi connectivity index (χ4v) is 5.45. The molecule has 2 aromatic rings. The molecule has 3 heterocycles. The average molecular weight is 441 g/mol. The fraction of sp³-hybridized carbons (Fsp3) is 0.500. The van der Waals surface area contributed by atoms with E-state index in [-0.39, 0.29) is 18.0 Å². The van der Waals surface area contributed by atoms with Crippen molar-refractivity contribution < 1.29 is 9.59 Å². The smallest absolute Gasteiger partial charge is 0.320 e. The zero-order chi connectivity index (χ0) is 22.0. The highest BCUT2D eigenvalue weighted by atomic mass is 32.1. The van der Waals surface area contributed by atoms with Gasteiger partial charge in [0.15, 0.2) is 0 Å². The average Bonchev–Trinajstić information content (AvgIpc) is 3.57. The van der Waals surface area contributed by atoms with Crippen molar-refractivity contribution in [1.82, 2.24) is 20.0 Å². The predicted molar refractivity (Wildman–Crippen MR) is 126 cm³/mol. The molecule has 2 aliphatic rings. The summed E-state index contributed by atoms with van der Waals surface area (Å²) in [6.07, 6.45) is 2.85. The Bertz CT molecular complexity index is 926. The van der Waals surface area contributed by atoms with Crippen molar-refractivity contribution in [3.63, 3.8) is 0 Å². The minimum atomic E-state index is 0.0390. The third-order valence-electron chi connectivity index (χ3n) is 6.63. The summed E-state index contributed by atoms with van der Waals surface area (Å²) in [5, 5.41) is 3.25. The standard InChI is InChI=1S/C24H32N4O2S/c1-4-17-5-7-18(8-6-17)21-9-10-22(31-21)23(29)26(3)20-12-14-28(16-20)24(30)27-13-11-19(15-27)25-2/h5-10,19-20,25H,4,11-16H2,1-3H3/t19-,20+/m1/s1. The molecule has 7 heteroatoms. The molecular formula is C24H32N4O2S. The molecule has 4 rings (SSSR count). The van der Waals surface area contributed by atoms with E-state index in [1.807, 2.05) is 40.9 Å². The number of likely N-dealkylation sites (tertiary alicyclic amines) is 2. The summed E-state index contributed by atoms with van der Waals surface area (Å²) in [7, 11) is 3.81. The van der Waals surface area contributed by atoms with Crippen molar-refractivity contribution in [3.05, 3.63) is 46.8 Å². The fourth-order valence-electron chi connectivity index (χ4n) is 4.45. The number of amides is 3. The monoisotopic (exact) mass is 440 g/mol. The molecule has 0 radical (unpaired) electrons. The molecule has 166 valence electrons. The molecule has 0 bridgehead atoms. The lowest BCUT2D eigenvalue weighted by Gasteiger charge is -2.27. The van der Waals surface area contributed by atoms with Crippen LogP contribution in [0.1, 0.15) is 35.0 Å². The summed E-state index contributed by atoms with van der Waals surface area (Å²) in [5.74, 6) is 0.0390. The van der Waals surface area contributed by atoms with Crippen molar-refractivity contribution in [2.75, 3.05) is 40.3 Å². The van der Waals surface area contributed by atoms with E-state index in [1.165, 1.54) is 16.9 Å². The Balaban J connectivity index is 1.36. The maximum absolute atomic E-state index is 13.1. The molecule has 0 saturated carbocycles. The van der Waals surface area contributed by atoms with Gasteiger partial charge >= 0.3 is 6.03 Å². The third kappa shape index (κ3) is 4.62. The SMILES string of the molecule is CCc1ccc(-c2ccc(C(=O)N(C)[C@H]3CCN(C(=O)N4CC[C@@H](NC)C4)C3)s2)cc1. The first-order valence-corrected chi connectivity index (χ1v) is 12.0. The first-order chi connectivity index (χ1) is 15.0. The van der Waals surface area contributed by atoms with Crippen LogP contribution in [0.4, 0.5) is 4.79 Å². The van der Waals surface area contributed by atoms with Gasteiger partial charge < -0.3 is 20.0 Å². The van der Waals surface area contributed by atoms with Crippen molar-refractivity contribution in [2.45, 2.75) is 38.3 Å². The van der Waals surface area contributed by atoms with E-state index < -0.39 is 0 Å². The highest BCUT2D eigenvalue weighted by molar-refractivity contribution is 7.17. The van der Waals surface area contributed by atoms with E-state index in [0.717, 1.165) is 47.7 Å². The molecule has 2 fully saturated rings. The predicted octanol–water partition coefficient (Wildman–Crippen LogP) is 3.54. The lowest BCUT2D eigenvalue weighted by atomic mass is 10.1. The van der Waals surface area contributed by atoms with Gasteiger partial charge in [0, 0.05) is 44.1 Å². The molecule has 1 aromatic heterocycles. The Kier molecular flexibility index (Phi) is 6.62. The van der Waals surface area contributed by atoms with Crippen molar-refractivity contribution in [3.8, 4) is 10.4 Å². The van der Waals surface area contributed by atoms with Gasteiger partial charge in [0.05, 0.1) is 10.9 Å². The zero-order valence-electron chi connectivity index (χ0n) is 18.6. The Morgan fingerprint density at radius 3 is 2.45 bits per heavy atom. The van der Waals surface area contributed by atoms with Crippen LogP contribution in [0.2, 0.25) is 0 Å². The van der Waals surface area contributed by atoms with Crippen molar-refractivity contribution in [1.29, 1.82) is 0 Å². The molecule has 2 atom stereocenters. The van der Waals surface area contributed by atoms with Crippen LogP contribution in [0.3, 0.4) is 0 Å². The second-order valence-electron chi connectivity index (χ2n) is 8.52. The summed E-state index contributed by atoms with van der Waals surface area (Å²) >= 11 is 1.54. The first-order valence-electron chi connectivity index (χ1n) is 11.2. The van der Waals surface area contributed by atoms with Gasteiger partial charge in [-0.1, -0.05) is 31.2 Å². The van der Waals surface area contributed by atoms with E-state index in [9.17, 15) is 9.59 Å². The van der Waals surface area contributed by atoms with Gasteiger partial charge in [-0.2, -0.15) is 0 Å². The van der Waals surface area contributed by atoms with E-state index >= 15 is 0 Å². The molecule has 1 N–H and O–H groups in total. The summed E-state index contributed by atoms with van der Waals surface area (Å²) in [6, 6.07) is 13.1. The number of nitrogens with zero attached hydrogens (tertiary/aromatic N) is 3. The van der Waals surface area contributed by atoms with Crippen molar-refractivity contribution in [2.24, 2.45) is 0 Å². The summed E-state index contributed by atoms with van der Waals surface area (Å²) in [6.45, 7) is 5.04. The molecule has 6 nitrogen and oxygen atoms in total. The van der Waals surface area contributed by atoms with Crippen LogP contribution < -0.4 is 5.32 Å². The molecule has 1 aromatic carbocycles. The number of hydrogen-bond acceptors (Lipinski definition) is 4. The number of likely N-dealkylation sites (N-methyl/N-ethyl adjacent to an activating group) is 2. The Morgan fingerprint density at radius 1 is 1.06 bits per heavy atom. The lowest BCUT2D eigenvalue weighted by Crippen LogP contribution is -2.44. The van der Waals surface area contributed by atoms with E-state index in [4.69, 9.17) is 0 Å². The third-order valence-corrected chi connectivity index (χ3v) is 7.75. The highest BCUT2D eigenvalue weighted by Gasteiger charge is 2.35. The van der Waals surface area contributed by atoms with Crippen LogP contribution in [-0.4, -0.2) is 79.0 Å². The number of urea groups is 1. The number of hydrogen-bond donors (Lipinski definition) is 1. The van der Waals surface area contributed by atoms with Gasteiger partial charge in [-0.3, -0.25) is 4.79 Å². The lowest BCUT2D eigenvalue weighted by molar-refractivity contribution is 0.0740. The van der Waals surface area contributed by atoms with Gasteiger partial charge in [-0.05, 0) is 49.6 Å². The molecule has 2 saturated heterocycles. The molecule has 2 aliphatic heterocycles. The van der Waals surface area contributed by atoms with E-state index in [2.05, 4.69) is 36.5 Å². The number of thiophene rings is 1. The summed E-state index contributed by atoms with van der Waals surface area (Å²) < 4.78 is 0. The number of nitrogens with one attached hydrogen (secondary N) is 1. The Hall–Kier alpha value is -2.38. The molecular weight excluding hydrogens is 408 g/mol. The number of aryl methyl sites for hydroxylation is 1. The van der Waals surface area contributed by atoms with Gasteiger partial charge in [0.2, 0.25) is 0 Å². The van der Waals surface area contributed by atoms with Crippen LogP contribution in [0.5, 0.6) is 0 Å². The van der Waals surface area contributed by atoms with Crippen LogP contribution in [-0.2, 0) is 6.42 Å². The first kappa shape index (κ1) is 21.8. The topological polar surface area (TPSA) is 55.9 Å². The minimum Gasteiger partial charge on any atom is -0.336 e. The quantitative estimate of drug-likeness (QED) is 0.774. The van der Waals surface area contributed by atoms with Crippen LogP contribution in [0.25, 0.3) is 10.4 Å². The maximum atomic E-state index is 13.1. The summed E-state index contributed by atoms with van der Waals surface area (Å²) in [4.78, 5) is 33.5. The maximum Gasteiger partial charge on any atom is 0.320 e. The van der Waals surface area contributed by atoms with Crippen LogP contribution in [0, 0.1) is 0 Å². The largest absolute Gasteiger partial charge is 0.336 e. The molecule has 31 heavy (non-hydrogen) atoms. The van der Waals surface area contributed by atoms with E-state index in [0.29, 0.717) is 19.1 Å². The number of rotatable bonds is 5. The molecule has 3 amide bonds. The molecule has 0 spiro atoms. The normalized spacial score (nSPS) is 21.0.